The molecule has 6 rings (SSSR count). The number of amides is 1. The molecular weight excluding hydrogens is 892 g/mol. The minimum absolute atomic E-state index is 0.0223. The van der Waals surface area contributed by atoms with Crippen molar-refractivity contribution in [3.05, 3.63) is 52.8 Å². The number of ketones is 1. The van der Waals surface area contributed by atoms with Crippen LogP contribution < -0.4 is 10.1 Å². The number of hydrogen-bond donors (Lipinski definition) is 6. The number of phenols is 3. The molecule has 5 bridgehead atoms. The number of ether oxygens (including phenoxy) is 4. The smallest absolute Gasteiger partial charge is 0.344 e. The molecule has 4 aliphatic heterocycles. The molecule has 0 aromatic heterocycles. The number of allylic oxidation sites excluding steroid dienone is 2. The molecule has 6 N–H and O–H groups in total. The Hall–Kier alpha value is -5.01. The van der Waals surface area contributed by atoms with Crippen molar-refractivity contribution in [3.8, 4) is 23.0 Å². The summed E-state index contributed by atoms with van der Waals surface area (Å²) in [6.45, 7) is 17.8. The van der Waals surface area contributed by atoms with E-state index in [0.29, 0.717) is 26.2 Å². The van der Waals surface area contributed by atoms with Crippen molar-refractivity contribution in [1.29, 1.82) is 0 Å². The molecule has 67 heavy (non-hydrogen) atoms. The molecule has 0 saturated carbocycles. The summed E-state index contributed by atoms with van der Waals surface area (Å²) in [4.78, 5) is 42.8. The van der Waals surface area contributed by atoms with Crippen LogP contribution in [0.25, 0.3) is 10.8 Å². The summed E-state index contributed by atoms with van der Waals surface area (Å²) < 4.78 is 47.8. The van der Waals surface area contributed by atoms with E-state index in [1.54, 1.807) is 58.7 Å². The molecular formula is C47H67N4O15P. The Labute approximate surface area is 391 Å². The van der Waals surface area contributed by atoms with Gasteiger partial charge in [-0.15, -0.1) is 0 Å². The number of benzene rings is 2. The Morgan fingerprint density at radius 2 is 1.58 bits per heavy atom. The fourth-order valence-electron chi connectivity index (χ4n) is 8.76. The lowest BCUT2D eigenvalue weighted by Crippen LogP contribution is -2.46. The first-order valence-corrected chi connectivity index (χ1v) is 24.2. The highest BCUT2D eigenvalue weighted by Gasteiger charge is 2.50. The molecule has 370 valence electrons. The van der Waals surface area contributed by atoms with Gasteiger partial charge in [0.2, 0.25) is 0 Å². The second kappa shape index (κ2) is 22.0. The minimum Gasteiger partial charge on any atom is -0.507 e. The summed E-state index contributed by atoms with van der Waals surface area (Å²) in [6.07, 6.45) is 4.68. The first-order chi connectivity index (χ1) is 31.5. The number of carbonyl (C=O) groups excluding carboxylic acids is 3. The van der Waals surface area contributed by atoms with Gasteiger partial charge in [0.1, 0.15) is 29.6 Å². The van der Waals surface area contributed by atoms with E-state index in [-0.39, 0.29) is 64.0 Å². The maximum atomic E-state index is 14.6. The van der Waals surface area contributed by atoms with E-state index < -0.39 is 96.4 Å². The van der Waals surface area contributed by atoms with Crippen LogP contribution in [0.1, 0.15) is 83.8 Å². The van der Waals surface area contributed by atoms with Crippen molar-refractivity contribution < 1.29 is 72.5 Å². The van der Waals surface area contributed by atoms with Gasteiger partial charge in [0.05, 0.1) is 66.2 Å². The van der Waals surface area contributed by atoms with Gasteiger partial charge in [0.15, 0.2) is 5.75 Å². The van der Waals surface area contributed by atoms with Crippen LogP contribution in [0.5, 0.6) is 23.0 Å². The fraction of sp³-hybridized carbons (Fsp3) is 0.574. The predicted octanol–water partition coefficient (Wildman–Crippen LogP) is 5.93. The first kappa shape index (κ1) is 53.0. The fourth-order valence-corrected chi connectivity index (χ4v) is 10.6. The van der Waals surface area contributed by atoms with Crippen molar-refractivity contribution in [3.63, 3.8) is 0 Å². The zero-order chi connectivity index (χ0) is 49.7. The number of phenolic OH excluding ortho intramolecular Hbond substituents is 3. The molecule has 0 spiro atoms. The molecule has 2 aromatic carbocycles. The van der Waals surface area contributed by atoms with Crippen LogP contribution in [-0.2, 0) is 37.4 Å². The number of methoxy groups -OCH3 is 1. The number of carbonyl (C=O) groups is 3. The average molecular weight is 959 g/mol. The number of hydrogen-bond acceptors (Lipinski definition) is 18. The maximum absolute atomic E-state index is 14.6. The summed E-state index contributed by atoms with van der Waals surface area (Å²) in [5.41, 5.74) is -0.601. The van der Waals surface area contributed by atoms with Crippen LogP contribution >= 0.6 is 7.60 Å². The lowest BCUT2D eigenvalue weighted by atomic mass is 9.78. The maximum Gasteiger partial charge on any atom is 0.344 e. The molecule has 0 radical (unpaired) electrons. The van der Waals surface area contributed by atoms with E-state index in [1.165, 1.54) is 59.4 Å². The molecule has 1 fully saturated rings. The Morgan fingerprint density at radius 1 is 0.940 bits per heavy atom. The van der Waals surface area contributed by atoms with Crippen molar-refractivity contribution in [1.82, 2.24) is 9.91 Å². The molecule has 9 atom stereocenters. The number of fused-ring (bicyclic) bond motifs is 14. The topological polar surface area (TPSA) is 256 Å². The van der Waals surface area contributed by atoms with Gasteiger partial charge in [-0.1, -0.05) is 45.9 Å². The van der Waals surface area contributed by atoms with Gasteiger partial charge in [0.25, 0.3) is 11.7 Å². The third-order valence-electron chi connectivity index (χ3n) is 12.8. The van der Waals surface area contributed by atoms with Gasteiger partial charge in [0, 0.05) is 87.3 Å². The lowest BCUT2D eigenvalue weighted by Gasteiger charge is -2.38. The SMILES string of the molecule is CCOP(=O)(CN1CCN(/N=C/c2c3c(O)c4c(O)c(C)c5c(c4c2O)C(=O)[C@@](C)(O/C=C/[C@H](OC)[C@@H](C)[C@@H](OC(C)=O)[C@H](C)[C@H](O)[C@H](C)[C@@H](O)[C@@H](C)/C=C/C=C(/C)C(=O)N3)O5)CC1)OCC. The Morgan fingerprint density at radius 3 is 2.18 bits per heavy atom. The predicted molar refractivity (Wildman–Crippen MR) is 250 cm³/mol. The number of aliphatic hydroxyl groups excluding tert-OH is 2. The molecule has 4 aliphatic rings. The van der Waals surface area contributed by atoms with Crippen LogP contribution in [0.15, 0.2) is 41.2 Å². The molecule has 2 aromatic rings. The average Bonchev–Trinajstić information content (AvgIpc) is 3.55. The Balaban J connectivity index is 1.64. The third-order valence-corrected chi connectivity index (χ3v) is 14.8. The number of nitrogens with one attached hydrogen (secondary N) is 1. The number of aromatic hydroxyl groups is 3. The van der Waals surface area contributed by atoms with Crippen LogP contribution in [0, 0.1) is 30.6 Å². The summed E-state index contributed by atoms with van der Waals surface area (Å²) in [7, 11) is -1.94. The number of aliphatic hydroxyl groups is 2. The number of hydrazone groups is 1. The highest BCUT2D eigenvalue weighted by molar-refractivity contribution is 7.53. The minimum atomic E-state index is -3.36. The molecule has 4 heterocycles. The largest absolute Gasteiger partial charge is 0.507 e. The van der Waals surface area contributed by atoms with Gasteiger partial charge >= 0.3 is 19.4 Å². The van der Waals surface area contributed by atoms with Gasteiger partial charge in [-0.25, -0.2) is 0 Å². The first-order valence-electron chi connectivity index (χ1n) is 22.5. The number of nitrogens with zero attached hydrogens (tertiary/aromatic N) is 3. The molecule has 0 unspecified atom stereocenters. The summed E-state index contributed by atoms with van der Waals surface area (Å²) in [6, 6.07) is 0. The van der Waals surface area contributed by atoms with Crippen molar-refractivity contribution in [2.45, 2.75) is 99.4 Å². The van der Waals surface area contributed by atoms with E-state index in [0.717, 1.165) is 0 Å². The molecule has 19 nitrogen and oxygen atoms in total. The molecule has 1 saturated heterocycles. The quantitative estimate of drug-likeness (QED) is 0.0530. The van der Waals surface area contributed by atoms with Gasteiger partial charge in [-0.2, -0.15) is 5.10 Å². The normalized spacial score (nSPS) is 29.9. The number of esters is 1. The number of rotatable bonds is 10. The van der Waals surface area contributed by atoms with Crippen LogP contribution in [0.3, 0.4) is 0 Å². The molecule has 0 aliphatic carbocycles. The zero-order valence-corrected chi connectivity index (χ0v) is 41.0. The van der Waals surface area contributed by atoms with Crippen LogP contribution in [0.2, 0.25) is 0 Å². The second-order valence-corrected chi connectivity index (χ2v) is 19.5. The van der Waals surface area contributed by atoms with Gasteiger partial charge in [-0.3, -0.25) is 28.9 Å². The van der Waals surface area contributed by atoms with E-state index >= 15 is 0 Å². The van der Waals surface area contributed by atoms with Crippen LogP contribution in [-0.4, -0.2) is 142 Å². The Bertz CT molecular complexity index is 2330. The van der Waals surface area contributed by atoms with Crippen molar-refractivity contribution >= 4 is 47.9 Å². The summed E-state index contributed by atoms with van der Waals surface area (Å²) >= 11 is 0. The summed E-state index contributed by atoms with van der Waals surface area (Å²) in [5.74, 6) is -8.78. The summed E-state index contributed by atoms with van der Waals surface area (Å²) in [5, 5.41) is 67.2. The zero-order valence-electron chi connectivity index (χ0n) is 40.1. The third kappa shape index (κ3) is 11.3. The molecule has 20 heteroatoms. The van der Waals surface area contributed by atoms with E-state index in [4.69, 9.17) is 28.0 Å². The molecule has 1 amide bonds. The van der Waals surface area contributed by atoms with Crippen LogP contribution in [0.4, 0.5) is 5.69 Å². The second-order valence-electron chi connectivity index (χ2n) is 17.5. The van der Waals surface area contributed by atoms with Gasteiger partial charge in [-0.05, 0) is 33.8 Å². The van der Waals surface area contributed by atoms with Crippen molar-refractivity contribution in [2.24, 2.45) is 28.8 Å². The van der Waals surface area contributed by atoms with E-state index in [2.05, 4.69) is 10.4 Å². The lowest BCUT2D eigenvalue weighted by molar-refractivity contribution is -0.160. The monoisotopic (exact) mass is 958 g/mol. The highest BCUT2D eigenvalue weighted by atomic mass is 31.2. The Kier molecular flexibility index (Phi) is 17.4. The number of anilines is 1. The van der Waals surface area contributed by atoms with E-state index in [9.17, 15) is 44.5 Å². The number of piperazine rings is 1. The standard InChI is InChI=1S/C47H67N4O15P/c1-12-63-67(60,64-13-2)24-50-18-20-51(21-19-50)48-23-32-37-42(57)35-34(41(32)56)36-44(30(8)40(35)55)66-47(10,45(36)58)62-22-17-33(61-11)27(5)43(65-31(9)52)29(7)39(54)28(6)38(53)25(3)15-14-16-26(4)46(59)49-37/h14-17,22-23,25,27-29,33,38-39,43,53-57H,12-13,18-21,24H2,1-11H3,(H,49,59)/b15-14+,22-17+,26-16-,48-23+/t25-,27+,28+,29+,33-,38-,39+,43+,47-/m0/s1. The van der Waals surface area contributed by atoms with Gasteiger partial charge < -0.3 is 58.8 Å². The number of Topliss-reactive ketones (excluding diaryl/α,β-unsaturated/α-hetero) is 1. The van der Waals surface area contributed by atoms with Crippen molar-refractivity contribution in [2.75, 3.05) is 58.1 Å². The van der Waals surface area contributed by atoms with E-state index in [1.807, 2.05) is 4.90 Å². The highest BCUT2D eigenvalue weighted by Crippen LogP contribution is 2.55.